The highest BCUT2D eigenvalue weighted by Crippen LogP contribution is 2.14. The zero-order valence-electron chi connectivity index (χ0n) is 6.43. The fourth-order valence-corrected chi connectivity index (χ4v) is 0.630. The topological polar surface area (TPSA) is 95.5 Å². The van der Waals surface area contributed by atoms with Gasteiger partial charge in [-0.2, -0.15) is 0 Å². The van der Waals surface area contributed by atoms with E-state index in [4.69, 9.17) is 0 Å². The molecule has 9 heteroatoms. The second-order valence-electron chi connectivity index (χ2n) is 1.98. The molecule has 0 spiro atoms. The molecule has 0 aromatic rings. The molecule has 0 aliphatic heterocycles. The van der Waals surface area contributed by atoms with Gasteiger partial charge in [0.15, 0.2) is 5.05 Å². The van der Waals surface area contributed by atoms with Gasteiger partial charge in [0.1, 0.15) is 9.85 Å². The number of nitro groups is 2. The van der Waals surface area contributed by atoms with Crippen molar-refractivity contribution in [3.63, 3.8) is 0 Å². The lowest BCUT2D eigenvalue weighted by atomic mass is 10.5. The van der Waals surface area contributed by atoms with Gasteiger partial charge in [-0.15, -0.1) is 0 Å². The van der Waals surface area contributed by atoms with E-state index in [-0.39, 0.29) is 0 Å². The van der Waals surface area contributed by atoms with Crippen molar-refractivity contribution in [2.45, 2.75) is 12.8 Å². The quantitative estimate of drug-likeness (QED) is 0.292. The van der Waals surface area contributed by atoms with Gasteiger partial charge in [0, 0.05) is 6.92 Å². The highest BCUT2D eigenvalue weighted by molar-refractivity contribution is 7.80. The Kier molecular flexibility index (Phi) is 3.60. The van der Waals surface area contributed by atoms with Crippen molar-refractivity contribution in [3.8, 4) is 0 Å². The maximum Gasteiger partial charge on any atom is 0.649 e. The molecule has 0 aromatic carbocycles. The maximum atomic E-state index is 12.1. The fraction of sp³-hybridized carbons (Fsp3) is 0.750. The van der Waals surface area contributed by atoms with Crippen LogP contribution in [0.1, 0.15) is 6.92 Å². The summed E-state index contributed by atoms with van der Waals surface area (Å²) >= 11 is 4.25. The minimum absolute atomic E-state index is 0.467. The first-order valence-electron chi connectivity index (χ1n) is 2.91. The summed E-state index contributed by atoms with van der Waals surface area (Å²) in [4.78, 5) is 17.4. The van der Waals surface area contributed by atoms with Crippen LogP contribution in [0.4, 0.5) is 4.39 Å². The van der Waals surface area contributed by atoms with Crippen molar-refractivity contribution in [1.29, 1.82) is 0 Å². The molecular weight excluding hydrogens is 207 g/mol. The third-order valence-electron chi connectivity index (χ3n) is 1.05. The zero-order chi connectivity index (χ0) is 10.6. The van der Waals surface area contributed by atoms with E-state index >= 15 is 0 Å². The highest BCUT2D eigenvalue weighted by Gasteiger charge is 2.61. The predicted molar refractivity (Wildman–Crippen MR) is 42.1 cm³/mol. The van der Waals surface area contributed by atoms with Gasteiger partial charge in [0.2, 0.25) is 0 Å². The molecule has 0 heterocycles. The molecule has 0 amide bonds. The Morgan fingerprint density at radius 1 is 1.54 bits per heavy atom. The normalized spacial score (nSPS) is 10.6. The number of hydrogen-bond acceptors (Lipinski definition) is 6. The number of hydrogen-bond donors (Lipinski definition) is 0. The molecule has 0 aliphatic rings. The molecule has 0 fully saturated rings. The molecule has 0 rings (SSSR count). The molecule has 0 atom stereocenters. The summed E-state index contributed by atoms with van der Waals surface area (Å²) in [5.74, 6) is -3.30. The third-order valence-corrected chi connectivity index (χ3v) is 1.14. The first-order valence-corrected chi connectivity index (χ1v) is 3.32. The molecule has 0 aromatic heterocycles. The number of alkyl halides is 1. The summed E-state index contributed by atoms with van der Waals surface area (Å²) in [5, 5.41) is 19.9. The molecular formula is C4H5FN2O5S. The average Bonchev–Trinajstić information content (AvgIpc) is 1.98. The van der Waals surface area contributed by atoms with E-state index in [0.717, 1.165) is 6.92 Å². The van der Waals surface area contributed by atoms with Crippen LogP contribution in [0.5, 0.6) is 0 Å². The molecule has 0 saturated heterocycles. The van der Waals surface area contributed by atoms with Crippen molar-refractivity contribution in [2.24, 2.45) is 0 Å². The summed E-state index contributed by atoms with van der Waals surface area (Å²) < 4.78 is 16.2. The van der Waals surface area contributed by atoms with Crippen LogP contribution in [-0.4, -0.2) is 27.4 Å². The number of nitrogens with zero attached hydrogens (tertiary/aromatic N) is 2. The fourth-order valence-electron chi connectivity index (χ4n) is 0.496. The van der Waals surface area contributed by atoms with E-state index in [0.29, 0.717) is 0 Å². The summed E-state index contributed by atoms with van der Waals surface area (Å²) in [6.45, 7) is -0.812. The molecule has 0 saturated carbocycles. The second kappa shape index (κ2) is 4.03. The highest BCUT2D eigenvalue weighted by atomic mass is 32.1. The maximum absolute atomic E-state index is 12.1. The van der Waals surface area contributed by atoms with E-state index in [9.17, 15) is 24.6 Å². The first kappa shape index (κ1) is 11.6. The zero-order valence-corrected chi connectivity index (χ0v) is 7.25. The Bertz CT molecular complexity index is 243. The van der Waals surface area contributed by atoms with Crippen molar-refractivity contribution in [2.75, 3.05) is 6.67 Å². The number of halogens is 1. The van der Waals surface area contributed by atoms with Gasteiger partial charge in [-0.1, -0.05) is 0 Å². The molecule has 0 aliphatic carbocycles. The monoisotopic (exact) mass is 212 g/mol. The summed E-state index contributed by atoms with van der Waals surface area (Å²) in [6.07, 6.45) is 0. The van der Waals surface area contributed by atoms with Crippen LogP contribution in [0.15, 0.2) is 0 Å². The first-order chi connectivity index (χ1) is 5.86. The lowest BCUT2D eigenvalue weighted by Gasteiger charge is -2.13. The summed E-state index contributed by atoms with van der Waals surface area (Å²) in [7, 11) is 0. The average molecular weight is 212 g/mol. The Morgan fingerprint density at radius 3 is 2.00 bits per heavy atom. The van der Waals surface area contributed by atoms with Gasteiger partial charge >= 0.3 is 5.85 Å². The largest absolute Gasteiger partial charge is 0.649 e. The molecule has 7 nitrogen and oxygen atoms in total. The minimum Gasteiger partial charge on any atom is -0.362 e. The van der Waals surface area contributed by atoms with E-state index in [2.05, 4.69) is 17.0 Å². The lowest BCUT2D eigenvalue weighted by molar-refractivity contribution is -0.842. The SMILES string of the molecule is CC(=S)OC(CF)([N+](=O)[O-])[N+](=O)[O-]. The predicted octanol–water partition coefficient (Wildman–Crippen LogP) is 0.527. The molecule has 0 unspecified atom stereocenters. The van der Waals surface area contributed by atoms with Crippen LogP contribution >= 0.6 is 12.2 Å². The van der Waals surface area contributed by atoms with Gasteiger partial charge in [0.05, 0.1) is 0 Å². The molecule has 0 bridgehead atoms. The Labute approximate surface area is 76.8 Å². The third kappa shape index (κ3) is 2.28. The van der Waals surface area contributed by atoms with E-state index < -0.39 is 27.4 Å². The number of thiocarbonyl (C=S) groups is 1. The van der Waals surface area contributed by atoms with Crippen molar-refractivity contribution in [1.82, 2.24) is 0 Å². The molecule has 0 radical (unpaired) electrons. The van der Waals surface area contributed by atoms with Gasteiger partial charge < -0.3 is 4.74 Å². The van der Waals surface area contributed by atoms with E-state index in [1.807, 2.05) is 0 Å². The summed E-state index contributed by atoms with van der Waals surface area (Å²) in [5.41, 5.74) is 0. The van der Waals surface area contributed by atoms with Crippen LogP contribution in [-0.2, 0) is 4.74 Å². The van der Waals surface area contributed by atoms with E-state index in [1.54, 1.807) is 0 Å². The minimum atomic E-state index is -3.30. The van der Waals surface area contributed by atoms with Crippen molar-refractivity contribution in [3.05, 3.63) is 20.2 Å². The Hall–Kier alpha value is -1.38. The van der Waals surface area contributed by atoms with Crippen molar-refractivity contribution < 1.29 is 19.0 Å². The second-order valence-corrected chi connectivity index (χ2v) is 2.56. The lowest BCUT2D eigenvalue weighted by Crippen LogP contribution is -2.51. The van der Waals surface area contributed by atoms with Crippen LogP contribution < -0.4 is 0 Å². The van der Waals surface area contributed by atoms with Crippen LogP contribution in [0, 0.1) is 20.2 Å². The number of ether oxygens (including phenoxy) is 1. The Morgan fingerprint density at radius 2 is 1.92 bits per heavy atom. The van der Waals surface area contributed by atoms with Gasteiger partial charge in [-0.25, -0.2) is 4.39 Å². The van der Waals surface area contributed by atoms with Gasteiger partial charge in [-0.3, -0.25) is 20.2 Å². The van der Waals surface area contributed by atoms with Gasteiger partial charge in [-0.05, 0) is 12.2 Å². The molecule has 74 valence electrons. The van der Waals surface area contributed by atoms with Crippen LogP contribution in [0.2, 0.25) is 0 Å². The smallest absolute Gasteiger partial charge is 0.362 e. The molecule has 13 heavy (non-hydrogen) atoms. The number of rotatable bonds is 4. The van der Waals surface area contributed by atoms with Crippen LogP contribution in [0.25, 0.3) is 0 Å². The van der Waals surface area contributed by atoms with Crippen molar-refractivity contribution >= 4 is 17.3 Å². The molecule has 0 N–H and O–H groups in total. The standard InChI is InChI=1S/C4H5FN2O5S/c1-3(13)12-4(2-5,6(8)9)7(10)11/h2H2,1H3. The Balaban J connectivity index is 4.98. The van der Waals surface area contributed by atoms with E-state index in [1.165, 1.54) is 0 Å². The summed E-state index contributed by atoms with van der Waals surface area (Å²) in [6, 6.07) is 0. The van der Waals surface area contributed by atoms with Gasteiger partial charge in [0.25, 0.3) is 6.67 Å². The van der Waals surface area contributed by atoms with Crippen LogP contribution in [0.3, 0.4) is 0 Å².